The average molecular weight is 282 g/mol. The summed E-state index contributed by atoms with van der Waals surface area (Å²) < 4.78 is 0. The van der Waals surface area contributed by atoms with Crippen molar-refractivity contribution in [2.45, 2.75) is 31.7 Å². The zero-order chi connectivity index (χ0) is 14.7. The van der Waals surface area contributed by atoms with Crippen LogP contribution in [0.1, 0.15) is 23.1 Å². The number of pyridine rings is 1. The van der Waals surface area contributed by atoms with E-state index >= 15 is 0 Å². The molecule has 4 nitrogen and oxygen atoms in total. The van der Waals surface area contributed by atoms with Gasteiger partial charge in [-0.2, -0.15) is 0 Å². The van der Waals surface area contributed by atoms with Gasteiger partial charge in [-0.05, 0) is 54.4 Å². The van der Waals surface area contributed by atoms with Crippen LogP contribution >= 0.6 is 0 Å². The lowest BCUT2D eigenvalue weighted by atomic mass is 9.78. The van der Waals surface area contributed by atoms with Crippen molar-refractivity contribution in [1.82, 2.24) is 10.4 Å². The fourth-order valence-corrected chi connectivity index (χ4v) is 3.28. The summed E-state index contributed by atoms with van der Waals surface area (Å²) in [7, 11) is 0. The van der Waals surface area contributed by atoms with Crippen LogP contribution < -0.4 is 17.0 Å². The Labute approximate surface area is 125 Å². The Morgan fingerprint density at radius 1 is 1.24 bits per heavy atom. The molecule has 21 heavy (non-hydrogen) atoms. The molecule has 0 saturated heterocycles. The number of nitrogens with one attached hydrogen (secondary N) is 1. The van der Waals surface area contributed by atoms with Crippen LogP contribution in [0.4, 0.5) is 5.69 Å². The molecule has 0 radical (unpaired) electrons. The molecule has 2 atom stereocenters. The van der Waals surface area contributed by atoms with Gasteiger partial charge in [0.05, 0.1) is 0 Å². The largest absolute Gasteiger partial charge is 0.398 e. The maximum absolute atomic E-state index is 6.02. The Morgan fingerprint density at radius 3 is 2.81 bits per heavy atom. The third-order valence-electron chi connectivity index (χ3n) is 4.55. The molecule has 0 bridgehead atoms. The number of nitrogen functional groups attached to an aromatic ring is 1. The fraction of sp³-hybridized carbons (Fsp3) is 0.353. The molecule has 3 rings (SSSR count). The molecule has 0 spiro atoms. The molecule has 2 aromatic rings. The SMILES string of the molecule is NNC(Cc1cnccc1N)C1CCc2ccccc2C1. The topological polar surface area (TPSA) is 77.0 Å². The van der Waals surface area contributed by atoms with Gasteiger partial charge in [-0.1, -0.05) is 24.3 Å². The molecule has 0 fully saturated rings. The highest BCUT2D eigenvalue weighted by Gasteiger charge is 2.26. The summed E-state index contributed by atoms with van der Waals surface area (Å²) in [6.07, 6.45) is 7.75. The van der Waals surface area contributed by atoms with Crippen molar-refractivity contribution in [2.75, 3.05) is 5.73 Å². The number of hydrazine groups is 1. The van der Waals surface area contributed by atoms with Gasteiger partial charge in [0.1, 0.15) is 0 Å². The van der Waals surface area contributed by atoms with E-state index < -0.39 is 0 Å². The van der Waals surface area contributed by atoms with E-state index in [1.807, 2.05) is 12.3 Å². The summed E-state index contributed by atoms with van der Waals surface area (Å²) in [4.78, 5) is 4.17. The van der Waals surface area contributed by atoms with Gasteiger partial charge in [0, 0.05) is 24.1 Å². The highest BCUT2D eigenvalue weighted by atomic mass is 15.2. The second kappa shape index (κ2) is 6.24. The molecule has 1 aromatic heterocycles. The number of benzene rings is 1. The van der Waals surface area contributed by atoms with E-state index in [1.54, 1.807) is 6.20 Å². The van der Waals surface area contributed by atoms with Gasteiger partial charge >= 0.3 is 0 Å². The van der Waals surface area contributed by atoms with Crippen LogP contribution in [-0.4, -0.2) is 11.0 Å². The molecule has 1 aliphatic carbocycles. The summed E-state index contributed by atoms with van der Waals surface area (Å²) in [6.45, 7) is 0. The van der Waals surface area contributed by atoms with Gasteiger partial charge in [0.2, 0.25) is 0 Å². The summed E-state index contributed by atoms with van der Waals surface area (Å²) in [5.74, 6) is 6.34. The highest BCUT2D eigenvalue weighted by Crippen LogP contribution is 2.29. The first-order valence-corrected chi connectivity index (χ1v) is 7.49. The van der Waals surface area contributed by atoms with Crippen LogP contribution in [0.2, 0.25) is 0 Å². The minimum Gasteiger partial charge on any atom is -0.398 e. The first-order valence-electron chi connectivity index (χ1n) is 7.49. The minimum absolute atomic E-state index is 0.227. The molecule has 1 aromatic carbocycles. The highest BCUT2D eigenvalue weighted by molar-refractivity contribution is 5.44. The van der Waals surface area contributed by atoms with E-state index in [0.29, 0.717) is 5.92 Å². The molecule has 0 saturated carbocycles. The van der Waals surface area contributed by atoms with Crippen LogP contribution in [0, 0.1) is 5.92 Å². The van der Waals surface area contributed by atoms with Gasteiger partial charge in [-0.15, -0.1) is 0 Å². The third kappa shape index (κ3) is 3.06. The number of nitrogens with zero attached hydrogens (tertiary/aromatic N) is 1. The molecule has 1 heterocycles. The monoisotopic (exact) mass is 282 g/mol. The van der Waals surface area contributed by atoms with Crippen molar-refractivity contribution in [3.05, 3.63) is 59.4 Å². The molecule has 4 heteroatoms. The third-order valence-corrected chi connectivity index (χ3v) is 4.55. The predicted octanol–water partition coefficient (Wildman–Crippen LogP) is 1.84. The Kier molecular flexibility index (Phi) is 4.18. The summed E-state index contributed by atoms with van der Waals surface area (Å²) in [6, 6.07) is 10.8. The Bertz CT molecular complexity index is 611. The van der Waals surface area contributed by atoms with Crippen molar-refractivity contribution >= 4 is 5.69 Å². The second-order valence-corrected chi connectivity index (χ2v) is 5.82. The Balaban J connectivity index is 1.74. The van der Waals surface area contributed by atoms with Crippen molar-refractivity contribution in [1.29, 1.82) is 0 Å². The molecule has 110 valence electrons. The van der Waals surface area contributed by atoms with E-state index in [0.717, 1.165) is 36.9 Å². The number of rotatable bonds is 4. The zero-order valence-corrected chi connectivity index (χ0v) is 12.1. The van der Waals surface area contributed by atoms with Gasteiger partial charge < -0.3 is 5.73 Å². The minimum atomic E-state index is 0.227. The first kappa shape index (κ1) is 14.0. The number of aromatic nitrogens is 1. The number of hydrogen-bond donors (Lipinski definition) is 3. The van der Waals surface area contributed by atoms with Crippen LogP contribution in [0.15, 0.2) is 42.7 Å². The Hall–Kier alpha value is -1.91. The van der Waals surface area contributed by atoms with Crippen LogP contribution in [0.3, 0.4) is 0 Å². The number of anilines is 1. The number of hydrogen-bond acceptors (Lipinski definition) is 4. The van der Waals surface area contributed by atoms with E-state index in [9.17, 15) is 0 Å². The fourth-order valence-electron chi connectivity index (χ4n) is 3.28. The summed E-state index contributed by atoms with van der Waals surface area (Å²) in [5.41, 5.74) is 13.8. The molecule has 0 aliphatic heterocycles. The predicted molar refractivity (Wildman–Crippen MR) is 85.4 cm³/mol. The van der Waals surface area contributed by atoms with E-state index in [1.165, 1.54) is 11.1 Å². The summed E-state index contributed by atoms with van der Waals surface area (Å²) in [5, 5.41) is 0. The lowest BCUT2D eigenvalue weighted by Gasteiger charge is -2.31. The number of nitrogens with two attached hydrogens (primary N) is 2. The first-order chi connectivity index (χ1) is 10.3. The smallest absolute Gasteiger partial charge is 0.0378 e. The van der Waals surface area contributed by atoms with E-state index in [-0.39, 0.29) is 6.04 Å². The zero-order valence-electron chi connectivity index (χ0n) is 12.1. The normalized spacial score (nSPS) is 19.0. The molecular weight excluding hydrogens is 260 g/mol. The lowest BCUT2D eigenvalue weighted by molar-refractivity contribution is 0.321. The number of fused-ring (bicyclic) bond motifs is 1. The number of aryl methyl sites for hydroxylation is 1. The average Bonchev–Trinajstić information content (AvgIpc) is 2.54. The standard InChI is InChI=1S/C17H22N4/c18-16-7-8-20-11-15(16)10-17(21-19)14-6-5-12-3-1-2-4-13(12)9-14/h1-4,7-8,11,14,17,21H,5-6,9-10,19H2,(H2,18,20). The summed E-state index contributed by atoms with van der Waals surface area (Å²) >= 11 is 0. The van der Waals surface area contributed by atoms with E-state index in [2.05, 4.69) is 34.7 Å². The van der Waals surface area contributed by atoms with Gasteiger partial charge in [0.25, 0.3) is 0 Å². The quantitative estimate of drug-likeness (QED) is 0.591. The van der Waals surface area contributed by atoms with E-state index in [4.69, 9.17) is 11.6 Å². The maximum atomic E-state index is 6.02. The maximum Gasteiger partial charge on any atom is 0.0378 e. The molecule has 0 amide bonds. The second-order valence-electron chi connectivity index (χ2n) is 5.82. The Morgan fingerprint density at radius 2 is 2.05 bits per heavy atom. The molecule has 1 aliphatic rings. The van der Waals surface area contributed by atoms with Crippen molar-refractivity contribution in [3.8, 4) is 0 Å². The van der Waals surface area contributed by atoms with Gasteiger partial charge in [0.15, 0.2) is 0 Å². The van der Waals surface area contributed by atoms with Crippen LogP contribution in [-0.2, 0) is 19.3 Å². The van der Waals surface area contributed by atoms with Gasteiger partial charge in [-0.3, -0.25) is 16.3 Å². The van der Waals surface area contributed by atoms with Crippen molar-refractivity contribution in [2.24, 2.45) is 11.8 Å². The molecular formula is C17H22N4. The van der Waals surface area contributed by atoms with Crippen molar-refractivity contribution in [3.63, 3.8) is 0 Å². The van der Waals surface area contributed by atoms with Gasteiger partial charge in [-0.25, -0.2) is 0 Å². The molecule has 2 unspecified atom stereocenters. The molecule has 5 N–H and O–H groups in total. The van der Waals surface area contributed by atoms with Crippen LogP contribution in [0.5, 0.6) is 0 Å². The van der Waals surface area contributed by atoms with Crippen LogP contribution in [0.25, 0.3) is 0 Å². The van der Waals surface area contributed by atoms with Crippen molar-refractivity contribution < 1.29 is 0 Å². The lowest BCUT2D eigenvalue weighted by Crippen LogP contribution is -2.44.